The summed E-state index contributed by atoms with van der Waals surface area (Å²) in [7, 11) is 0. The first-order valence-corrected chi connectivity index (χ1v) is 7.66. The fraction of sp³-hybridized carbons (Fsp3) is 0.857. The molecule has 1 saturated carbocycles. The number of amides is 2. The summed E-state index contributed by atoms with van der Waals surface area (Å²) >= 11 is 0. The van der Waals surface area contributed by atoms with Crippen LogP contribution in [0.5, 0.6) is 0 Å². The van der Waals surface area contributed by atoms with Crippen LogP contribution in [-0.4, -0.2) is 73.1 Å². The Kier molecular flexibility index (Phi) is 4.21. The number of carbonyl (C=O) groups is 2. The van der Waals surface area contributed by atoms with Gasteiger partial charge in [-0.1, -0.05) is 12.8 Å². The molecule has 3 rings (SSSR count). The number of hydrogen-bond acceptors (Lipinski definition) is 4. The van der Waals surface area contributed by atoms with Crippen molar-refractivity contribution in [3.05, 3.63) is 0 Å². The van der Waals surface area contributed by atoms with Gasteiger partial charge in [0.2, 0.25) is 5.91 Å². The van der Waals surface area contributed by atoms with Crippen LogP contribution in [0.1, 0.15) is 25.7 Å². The first-order valence-electron chi connectivity index (χ1n) is 7.66. The third-order valence-corrected chi connectivity index (χ3v) is 4.54. The van der Waals surface area contributed by atoms with Crippen LogP contribution in [-0.2, 0) is 14.3 Å². The molecule has 6 nitrogen and oxygen atoms in total. The normalized spacial score (nSPS) is 29.0. The molecule has 0 aromatic heterocycles. The first kappa shape index (κ1) is 13.8. The Bertz CT molecular complexity index is 376. The summed E-state index contributed by atoms with van der Waals surface area (Å²) in [6, 6.07) is 0.410. The molecule has 2 amide bonds. The zero-order valence-electron chi connectivity index (χ0n) is 11.8. The molecule has 0 spiro atoms. The van der Waals surface area contributed by atoms with Crippen molar-refractivity contribution < 1.29 is 14.3 Å². The van der Waals surface area contributed by atoms with Crippen molar-refractivity contribution in [1.82, 2.24) is 15.1 Å². The molecule has 1 N–H and O–H groups in total. The third-order valence-electron chi connectivity index (χ3n) is 4.54. The highest BCUT2D eigenvalue weighted by Gasteiger charge is 2.35. The van der Waals surface area contributed by atoms with Gasteiger partial charge < -0.3 is 19.9 Å². The van der Waals surface area contributed by atoms with E-state index in [0.29, 0.717) is 32.3 Å². The van der Waals surface area contributed by atoms with Gasteiger partial charge in [-0.15, -0.1) is 0 Å². The lowest BCUT2D eigenvalue weighted by atomic mass is 10.1. The highest BCUT2D eigenvalue weighted by molar-refractivity contribution is 5.88. The molecule has 0 aromatic carbocycles. The van der Waals surface area contributed by atoms with E-state index in [1.54, 1.807) is 4.90 Å². The molecule has 1 unspecified atom stereocenters. The van der Waals surface area contributed by atoms with Crippen molar-refractivity contribution in [3.63, 3.8) is 0 Å². The van der Waals surface area contributed by atoms with E-state index < -0.39 is 6.10 Å². The standard InChI is InChI=1S/C14H23N3O3/c18-13-10-16(14(19)12-9-15-5-8-20-12)6-7-17(13)11-3-1-2-4-11/h11-12,15H,1-10H2. The smallest absolute Gasteiger partial charge is 0.253 e. The topological polar surface area (TPSA) is 61.9 Å². The fourth-order valence-electron chi connectivity index (χ4n) is 3.40. The summed E-state index contributed by atoms with van der Waals surface area (Å²) in [4.78, 5) is 28.2. The van der Waals surface area contributed by atoms with E-state index in [-0.39, 0.29) is 18.4 Å². The Hall–Kier alpha value is -1.14. The van der Waals surface area contributed by atoms with Gasteiger partial charge in [-0.3, -0.25) is 9.59 Å². The van der Waals surface area contributed by atoms with Gasteiger partial charge in [-0.25, -0.2) is 0 Å². The second-order valence-electron chi connectivity index (χ2n) is 5.85. The van der Waals surface area contributed by atoms with Crippen LogP contribution in [0.15, 0.2) is 0 Å². The van der Waals surface area contributed by atoms with Crippen LogP contribution in [0.25, 0.3) is 0 Å². The monoisotopic (exact) mass is 281 g/mol. The molecule has 2 aliphatic heterocycles. The Morgan fingerprint density at radius 3 is 2.70 bits per heavy atom. The van der Waals surface area contributed by atoms with Crippen LogP contribution in [0, 0.1) is 0 Å². The maximum absolute atomic E-state index is 12.3. The highest BCUT2D eigenvalue weighted by atomic mass is 16.5. The number of nitrogens with zero attached hydrogens (tertiary/aromatic N) is 2. The summed E-state index contributed by atoms with van der Waals surface area (Å²) < 4.78 is 5.48. The van der Waals surface area contributed by atoms with Gasteiger partial charge in [0.25, 0.3) is 5.91 Å². The predicted molar refractivity (Wildman–Crippen MR) is 73.2 cm³/mol. The summed E-state index contributed by atoms with van der Waals surface area (Å²) in [5.74, 6) is 0.0527. The van der Waals surface area contributed by atoms with Crippen LogP contribution in [0.2, 0.25) is 0 Å². The quantitative estimate of drug-likeness (QED) is 0.747. The zero-order chi connectivity index (χ0) is 13.9. The van der Waals surface area contributed by atoms with E-state index in [0.717, 1.165) is 19.4 Å². The molecule has 2 heterocycles. The van der Waals surface area contributed by atoms with Crippen LogP contribution in [0.3, 0.4) is 0 Å². The van der Waals surface area contributed by atoms with Crippen molar-refractivity contribution in [1.29, 1.82) is 0 Å². The second-order valence-corrected chi connectivity index (χ2v) is 5.85. The SMILES string of the molecule is O=C(C1CNCCO1)N1CCN(C2CCCC2)C(=O)C1. The lowest BCUT2D eigenvalue weighted by molar-refractivity contribution is -0.154. The summed E-state index contributed by atoms with van der Waals surface area (Å²) in [5.41, 5.74) is 0. The van der Waals surface area contributed by atoms with Gasteiger partial charge in [0.1, 0.15) is 6.10 Å². The minimum atomic E-state index is -0.422. The third kappa shape index (κ3) is 2.81. The molecule has 112 valence electrons. The maximum Gasteiger partial charge on any atom is 0.253 e. The molecule has 3 aliphatic rings. The molecule has 1 atom stereocenters. The Balaban J connectivity index is 1.55. The van der Waals surface area contributed by atoms with Gasteiger partial charge in [0, 0.05) is 32.2 Å². The van der Waals surface area contributed by atoms with Crippen molar-refractivity contribution >= 4 is 11.8 Å². The Morgan fingerprint density at radius 1 is 1.25 bits per heavy atom. The van der Waals surface area contributed by atoms with Crippen molar-refractivity contribution in [3.8, 4) is 0 Å². The molecule has 6 heteroatoms. The van der Waals surface area contributed by atoms with E-state index in [9.17, 15) is 9.59 Å². The number of morpholine rings is 1. The van der Waals surface area contributed by atoms with E-state index in [2.05, 4.69) is 5.32 Å². The predicted octanol–water partition coefficient (Wildman–Crippen LogP) is -0.412. The molecule has 20 heavy (non-hydrogen) atoms. The average Bonchev–Trinajstić information content (AvgIpc) is 3.01. The molecule has 0 bridgehead atoms. The van der Waals surface area contributed by atoms with E-state index >= 15 is 0 Å². The Morgan fingerprint density at radius 2 is 2.05 bits per heavy atom. The van der Waals surface area contributed by atoms with Crippen LogP contribution in [0.4, 0.5) is 0 Å². The maximum atomic E-state index is 12.3. The van der Waals surface area contributed by atoms with Crippen LogP contribution >= 0.6 is 0 Å². The fourth-order valence-corrected chi connectivity index (χ4v) is 3.40. The van der Waals surface area contributed by atoms with Gasteiger partial charge in [0.05, 0.1) is 13.2 Å². The van der Waals surface area contributed by atoms with E-state index in [4.69, 9.17) is 4.74 Å². The van der Waals surface area contributed by atoms with Gasteiger partial charge >= 0.3 is 0 Å². The largest absolute Gasteiger partial charge is 0.366 e. The second kappa shape index (κ2) is 6.10. The van der Waals surface area contributed by atoms with Crippen molar-refractivity contribution in [2.45, 2.75) is 37.8 Å². The number of ether oxygens (including phenoxy) is 1. The van der Waals surface area contributed by atoms with Crippen LogP contribution < -0.4 is 5.32 Å². The number of piperazine rings is 1. The summed E-state index contributed by atoms with van der Waals surface area (Å²) in [5, 5.41) is 3.15. The lowest BCUT2D eigenvalue weighted by Crippen LogP contribution is -2.58. The van der Waals surface area contributed by atoms with E-state index in [1.165, 1.54) is 12.8 Å². The van der Waals surface area contributed by atoms with Gasteiger partial charge in [0.15, 0.2) is 0 Å². The number of carbonyl (C=O) groups excluding carboxylic acids is 2. The van der Waals surface area contributed by atoms with Gasteiger partial charge in [-0.05, 0) is 12.8 Å². The molecular formula is C14H23N3O3. The van der Waals surface area contributed by atoms with Crippen molar-refractivity contribution in [2.24, 2.45) is 0 Å². The number of rotatable bonds is 2. The zero-order valence-corrected chi connectivity index (χ0v) is 11.8. The lowest BCUT2D eigenvalue weighted by Gasteiger charge is -2.39. The molecule has 0 radical (unpaired) electrons. The molecule has 1 aliphatic carbocycles. The molecular weight excluding hydrogens is 258 g/mol. The molecule has 2 saturated heterocycles. The summed E-state index contributed by atoms with van der Waals surface area (Å²) in [6.45, 7) is 3.44. The summed E-state index contributed by atoms with van der Waals surface area (Å²) in [6.07, 6.45) is 4.26. The first-order chi connectivity index (χ1) is 9.75. The number of nitrogens with one attached hydrogen (secondary N) is 1. The minimum absolute atomic E-state index is 0.0448. The van der Waals surface area contributed by atoms with E-state index in [1.807, 2.05) is 4.90 Å². The molecule has 0 aromatic rings. The number of hydrogen-bond donors (Lipinski definition) is 1. The Labute approximate surface area is 119 Å². The highest BCUT2D eigenvalue weighted by Crippen LogP contribution is 2.25. The van der Waals surface area contributed by atoms with Gasteiger partial charge in [-0.2, -0.15) is 0 Å². The molecule has 3 fully saturated rings. The minimum Gasteiger partial charge on any atom is -0.366 e. The average molecular weight is 281 g/mol. The van der Waals surface area contributed by atoms with Crippen molar-refractivity contribution in [2.75, 3.05) is 39.3 Å².